The normalized spacial score (nSPS) is 11.5. The topological polar surface area (TPSA) is 95.1 Å². The smallest absolute Gasteiger partial charge is 0.358 e. The third-order valence-corrected chi connectivity index (χ3v) is 2.38. The predicted molar refractivity (Wildman–Crippen MR) is 43.0 cm³/mol. The monoisotopic (exact) mass is 205 g/mol. The van der Waals surface area contributed by atoms with Crippen LogP contribution in [0.3, 0.4) is 0 Å². The van der Waals surface area contributed by atoms with Crippen molar-refractivity contribution in [3.63, 3.8) is 0 Å². The Morgan fingerprint density at radius 2 is 2.15 bits per heavy atom. The predicted octanol–water partition coefficient (Wildman–Crippen LogP) is -0.268. The van der Waals surface area contributed by atoms with E-state index in [0.29, 0.717) is 0 Å². The maximum Gasteiger partial charge on any atom is 0.383 e. The Morgan fingerprint density at radius 1 is 1.62 bits per heavy atom. The fourth-order valence-electron chi connectivity index (χ4n) is 0.867. The van der Waals surface area contributed by atoms with E-state index in [1.807, 2.05) is 0 Å². The van der Waals surface area contributed by atoms with Crippen molar-refractivity contribution in [3.8, 4) is 0 Å². The van der Waals surface area contributed by atoms with Crippen molar-refractivity contribution >= 4 is 15.7 Å². The molecule has 0 fully saturated rings. The van der Waals surface area contributed by atoms with Gasteiger partial charge in [-0.25, -0.2) is 8.42 Å². The second kappa shape index (κ2) is 2.80. The summed E-state index contributed by atoms with van der Waals surface area (Å²) in [5, 5.41) is 9.92. The van der Waals surface area contributed by atoms with Crippen molar-refractivity contribution in [2.75, 3.05) is 6.26 Å². The molecular formula is C5H7N3O4S. The molecule has 0 N–H and O–H groups in total. The molecule has 72 valence electrons. The first-order valence-corrected chi connectivity index (χ1v) is 5.09. The summed E-state index contributed by atoms with van der Waals surface area (Å²) >= 11 is 0. The first-order valence-electron chi connectivity index (χ1n) is 3.20. The molecule has 0 atom stereocenters. The van der Waals surface area contributed by atoms with E-state index >= 15 is 0 Å². The molecule has 1 heterocycles. The molecule has 0 aliphatic carbocycles. The molecular weight excluding hydrogens is 198 g/mol. The molecule has 0 aliphatic rings. The molecule has 8 heteroatoms. The van der Waals surface area contributed by atoms with Gasteiger partial charge in [-0.05, 0) is 9.91 Å². The van der Waals surface area contributed by atoms with Crippen LogP contribution in [0.2, 0.25) is 0 Å². The number of aromatic nitrogens is 2. The lowest BCUT2D eigenvalue weighted by molar-refractivity contribution is -0.389. The lowest BCUT2D eigenvalue weighted by Gasteiger charge is -1.89. The number of nitrogens with zero attached hydrogens (tertiary/aromatic N) is 3. The summed E-state index contributed by atoms with van der Waals surface area (Å²) in [7, 11) is -2.11. The minimum atomic E-state index is -3.50. The number of nitro groups is 1. The zero-order valence-corrected chi connectivity index (χ0v) is 7.78. The molecule has 0 saturated carbocycles. The van der Waals surface area contributed by atoms with Gasteiger partial charge in [-0.3, -0.25) is 4.57 Å². The largest absolute Gasteiger partial charge is 0.383 e. The van der Waals surface area contributed by atoms with Gasteiger partial charge in [0.15, 0.2) is 0 Å². The lowest BCUT2D eigenvalue weighted by atomic mass is 10.8. The summed E-state index contributed by atoms with van der Waals surface area (Å²) in [5.41, 5.74) is 0. The van der Waals surface area contributed by atoms with Crippen LogP contribution in [-0.4, -0.2) is 29.1 Å². The van der Waals surface area contributed by atoms with Gasteiger partial charge in [-0.15, -0.1) is 0 Å². The van der Waals surface area contributed by atoms with Crippen LogP contribution in [0.25, 0.3) is 0 Å². The number of imidazole rings is 1. The van der Waals surface area contributed by atoms with Gasteiger partial charge in [-0.1, -0.05) is 0 Å². The van der Waals surface area contributed by atoms with Crippen LogP contribution in [0.15, 0.2) is 11.4 Å². The Labute approximate surface area is 74.1 Å². The van der Waals surface area contributed by atoms with E-state index < -0.39 is 20.6 Å². The molecule has 0 saturated heterocycles. The molecule has 0 amide bonds. The fraction of sp³-hybridized carbons (Fsp3) is 0.400. The van der Waals surface area contributed by atoms with Crippen LogP contribution in [-0.2, 0) is 16.9 Å². The molecule has 1 rings (SSSR count). The van der Waals surface area contributed by atoms with Crippen LogP contribution in [0, 0.1) is 10.1 Å². The maximum atomic E-state index is 11.0. The average Bonchev–Trinajstić information content (AvgIpc) is 2.29. The quantitative estimate of drug-likeness (QED) is 0.489. The van der Waals surface area contributed by atoms with Crippen molar-refractivity contribution in [3.05, 3.63) is 16.3 Å². The highest BCUT2D eigenvalue weighted by Crippen LogP contribution is 2.13. The fourth-order valence-corrected chi connectivity index (χ4v) is 1.70. The standard InChI is InChI=1S/C5H7N3O4S/c1-7-3-4(8(9)10)6-5(7)13(2,11)12/h3H,1-2H3. The molecule has 0 bridgehead atoms. The van der Waals surface area contributed by atoms with E-state index in [-0.39, 0.29) is 5.16 Å². The summed E-state index contributed by atoms with van der Waals surface area (Å²) < 4.78 is 23.1. The lowest BCUT2D eigenvalue weighted by Crippen LogP contribution is -2.05. The molecule has 1 aromatic rings. The van der Waals surface area contributed by atoms with Crippen molar-refractivity contribution in [1.82, 2.24) is 9.55 Å². The van der Waals surface area contributed by atoms with Crippen LogP contribution < -0.4 is 0 Å². The molecule has 0 spiro atoms. The van der Waals surface area contributed by atoms with Gasteiger partial charge in [0.25, 0.3) is 0 Å². The minimum absolute atomic E-state index is 0.306. The van der Waals surface area contributed by atoms with Crippen molar-refractivity contribution in [2.24, 2.45) is 7.05 Å². The van der Waals surface area contributed by atoms with Gasteiger partial charge in [0.05, 0.1) is 0 Å². The van der Waals surface area contributed by atoms with E-state index in [4.69, 9.17) is 0 Å². The molecule has 7 nitrogen and oxygen atoms in total. The summed E-state index contributed by atoms with van der Waals surface area (Å²) in [6.07, 6.45) is 2.00. The number of sulfone groups is 1. The Bertz CT molecular complexity index is 446. The van der Waals surface area contributed by atoms with E-state index in [9.17, 15) is 18.5 Å². The van der Waals surface area contributed by atoms with E-state index in [0.717, 1.165) is 17.0 Å². The van der Waals surface area contributed by atoms with E-state index in [1.165, 1.54) is 7.05 Å². The molecule has 13 heavy (non-hydrogen) atoms. The van der Waals surface area contributed by atoms with Gasteiger partial charge in [0.1, 0.15) is 6.20 Å². The zero-order valence-electron chi connectivity index (χ0n) is 6.96. The number of aryl methyl sites for hydroxylation is 1. The Kier molecular flexibility index (Phi) is 2.08. The van der Waals surface area contributed by atoms with Gasteiger partial charge >= 0.3 is 11.0 Å². The molecule has 0 unspecified atom stereocenters. The second-order valence-corrected chi connectivity index (χ2v) is 4.43. The summed E-state index contributed by atoms with van der Waals surface area (Å²) in [4.78, 5) is 12.8. The zero-order chi connectivity index (χ0) is 10.2. The Morgan fingerprint density at radius 3 is 2.38 bits per heavy atom. The summed E-state index contributed by atoms with van der Waals surface area (Å²) in [6, 6.07) is 0. The Balaban J connectivity index is 3.35. The molecule has 0 aromatic carbocycles. The summed E-state index contributed by atoms with van der Waals surface area (Å²) in [6.45, 7) is 0. The van der Waals surface area contributed by atoms with Gasteiger partial charge in [-0.2, -0.15) is 0 Å². The van der Waals surface area contributed by atoms with E-state index in [1.54, 1.807) is 0 Å². The van der Waals surface area contributed by atoms with Crippen molar-refractivity contribution < 1.29 is 13.3 Å². The summed E-state index contributed by atoms with van der Waals surface area (Å²) in [5.74, 6) is -0.470. The molecule has 1 aromatic heterocycles. The Hall–Kier alpha value is -1.44. The first kappa shape index (κ1) is 9.65. The number of hydrogen-bond acceptors (Lipinski definition) is 5. The van der Waals surface area contributed by atoms with Crippen molar-refractivity contribution in [1.29, 1.82) is 0 Å². The van der Waals surface area contributed by atoms with Crippen LogP contribution in [0.4, 0.5) is 5.82 Å². The van der Waals surface area contributed by atoms with Gasteiger partial charge < -0.3 is 10.1 Å². The minimum Gasteiger partial charge on any atom is -0.358 e. The third-order valence-electron chi connectivity index (χ3n) is 1.34. The molecule has 0 aliphatic heterocycles. The third kappa shape index (κ3) is 1.83. The average molecular weight is 205 g/mol. The van der Waals surface area contributed by atoms with Crippen LogP contribution >= 0.6 is 0 Å². The van der Waals surface area contributed by atoms with Gasteiger partial charge in [0, 0.05) is 13.3 Å². The maximum absolute atomic E-state index is 11.0. The molecule has 0 radical (unpaired) electrons. The number of hydrogen-bond donors (Lipinski definition) is 0. The SMILES string of the molecule is Cn1cc([N+](=O)[O-])nc1S(C)(=O)=O. The highest BCUT2D eigenvalue weighted by molar-refractivity contribution is 7.90. The van der Waals surface area contributed by atoms with E-state index in [2.05, 4.69) is 4.98 Å². The van der Waals surface area contributed by atoms with Crippen LogP contribution in [0.5, 0.6) is 0 Å². The van der Waals surface area contributed by atoms with Crippen molar-refractivity contribution in [2.45, 2.75) is 5.16 Å². The van der Waals surface area contributed by atoms with Gasteiger partial charge in [0.2, 0.25) is 9.84 Å². The number of rotatable bonds is 2. The highest BCUT2D eigenvalue weighted by Gasteiger charge is 2.24. The van der Waals surface area contributed by atoms with Crippen LogP contribution in [0.1, 0.15) is 0 Å². The first-order chi connectivity index (χ1) is 5.82. The second-order valence-electron chi connectivity index (χ2n) is 2.52. The highest BCUT2D eigenvalue weighted by atomic mass is 32.2.